The number of carbonyl (C=O) groups is 1. The summed E-state index contributed by atoms with van der Waals surface area (Å²) in [6.45, 7) is 1.20. The molecule has 0 atom stereocenters. The second-order valence-electron chi connectivity index (χ2n) is 8.89. The van der Waals surface area contributed by atoms with Crippen molar-refractivity contribution in [2.75, 3.05) is 18.4 Å². The molecule has 36 heavy (non-hydrogen) atoms. The molecule has 0 bridgehead atoms. The van der Waals surface area contributed by atoms with Crippen molar-refractivity contribution in [2.24, 2.45) is 0 Å². The summed E-state index contributed by atoms with van der Waals surface area (Å²) in [5.41, 5.74) is 3.13. The zero-order valence-corrected chi connectivity index (χ0v) is 19.4. The van der Waals surface area contributed by atoms with Gasteiger partial charge in [-0.05, 0) is 77.4 Å². The molecule has 0 spiro atoms. The number of anilines is 1. The second-order valence-corrected chi connectivity index (χ2v) is 8.89. The molecule has 1 saturated heterocycles. The molecule has 2 aromatic carbocycles. The number of benzene rings is 2. The molecule has 0 radical (unpaired) electrons. The van der Waals surface area contributed by atoms with Gasteiger partial charge in [0.15, 0.2) is 0 Å². The number of nitrogens with one attached hydrogen (secondary N) is 1. The Kier molecular flexibility index (Phi) is 6.54. The fourth-order valence-electron chi connectivity index (χ4n) is 4.61. The van der Waals surface area contributed by atoms with Crippen molar-refractivity contribution < 1.29 is 13.6 Å². The summed E-state index contributed by atoms with van der Waals surface area (Å²) in [5.74, 6) is -1.16. The lowest BCUT2D eigenvalue weighted by Crippen LogP contribution is -2.43. The van der Waals surface area contributed by atoms with E-state index in [-0.39, 0.29) is 23.9 Å². The standard InChI is InChI=1S/C28H23F2N5O/c29-25-2-1-19(13-22(25)16-31)21-14-20-4-7-32-17-24(20)26(15-21)34-23-5-9-35(10-6-23)28(36)12-18-3-8-33-27(30)11-18/h1-4,7-8,11,13-15,17,23,34H,5-6,9-10,12H2. The molecule has 1 fully saturated rings. The lowest BCUT2D eigenvalue weighted by molar-refractivity contribution is -0.131. The van der Waals surface area contributed by atoms with Crippen LogP contribution in [0.4, 0.5) is 14.5 Å². The zero-order chi connectivity index (χ0) is 25.1. The fourth-order valence-corrected chi connectivity index (χ4v) is 4.61. The van der Waals surface area contributed by atoms with Crippen LogP contribution in [0.5, 0.6) is 0 Å². The van der Waals surface area contributed by atoms with E-state index in [4.69, 9.17) is 0 Å². The number of hydrogen-bond acceptors (Lipinski definition) is 5. The zero-order valence-electron chi connectivity index (χ0n) is 19.4. The molecule has 180 valence electrons. The highest BCUT2D eigenvalue weighted by Gasteiger charge is 2.23. The van der Waals surface area contributed by atoms with Crippen LogP contribution in [0.15, 0.2) is 67.1 Å². The van der Waals surface area contributed by atoms with Crippen molar-refractivity contribution in [1.29, 1.82) is 5.26 Å². The van der Waals surface area contributed by atoms with Crippen molar-refractivity contribution in [3.63, 3.8) is 0 Å². The maximum absolute atomic E-state index is 13.9. The van der Waals surface area contributed by atoms with Crippen LogP contribution < -0.4 is 5.32 Å². The molecular weight excluding hydrogens is 460 g/mol. The number of halogens is 2. The van der Waals surface area contributed by atoms with Crippen LogP contribution in [0.1, 0.15) is 24.0 Å². The van der Waals surface area contributed by atoms with Crippen molar-refractivity contribution >= 4 is 22.4 Å². The lowest BCUT2D eigenvalue weighted by Gasteiger charge is -2.33. The van der Waals surface area contributed by atoms with Crippen molar-refractivity contribution in [1.82, 2.24) is 14.9 Å². The van der Waals surface area contributed by atoms with Crippen molar-refractivity contribution in [2.45, 2.75) is 25.3 Å². The van der Waals surface area contributed by atoms with Gasteiger partial charge in [0, 0.05) is 48.8 Å². The first-order valence-corrected chi connectivity index (χ1v) is 11.7. The van der Waals surface area contributed by atoms with Gasteiger partial charge in [-0.25, -0.2) is 9.37 Å². The number of piperidine rings is 1. The Morgan fingerprint density at radius 2 is 1.89 bits per heavy atom. The minimum Gasteiger partial charge on any atom is -0.382 e. The number of aromatic nitrogens is 2. The minimum atomic E-state index is -0.586. The number of fused-ring (bicyclic) bond motifs is 1. The molecule has 8 heteroatoms. The molecule has 0 saturated carbocycles. The van der Waals surface area contributed by atoms with E-state index in [1.54, 1.807) is 30.6 Å². The Bertz CT molecular complexity index is 1470. The predicted octanol–water partition coefficient (Wildman–Crippen LogP) is 5.09. The molecule has 0 aliphatic carbocycles. The molecule has 1 aliphatic heterocycles. The summed E-state index contributed by atoms with van der Waals surface area (Å²) >= 11 is 0. The molecule has 1 aliphatic rings. The highest BCUT2D eigenvalue weighted by Crippen LogP contribution is 2.32. The molecule has 6 nitrogen and oxygen atoms in total. The van der Waals surface area contributed by atoms with Gasteiger partial charge in [0.1, 0.15) is 11.9 Å². The van der Waals surface area contributed by atoms with Crippen LogP contribution in [0.2, 0.25) is 0 Å². The topological polar surface area (TPSA) is 81.9 Å². The maximum atomic E-state index is 13.9. The van der Waals surface area contributed by atoms with E-state index in [0.717, 1.165) is 40.4 Å². The number of nitrogens with zero attached hydrogens (tertiary/aromatic N) is 4. The lowest BCUT2D eigenvalue weighted by atomic mass is 9.98. The Hall–Kier alpha value is -4.38. The molecular formula is C28H23F2N5O. The van der Waals surface area contributed by atoms with E-state index in [2.05, 4.69) is 15.3 Å². The number of carbonyl (C=O) groups excluding carboxylic acids is 1. The second kappa shape index (κ2) is 10.1. The highest BCUT2D eigenvalue weighted by atomic mass is 19.1. The minimum absolute atomic E-state index is 0.00313. The van der Waals surface area contributed by atoms with E-state index in [1.165, 1.54) is 18.3 Å². The van der Waals surface area contributed by atoms with Gasteiger partial charge in [-0.1, -0.05) is 6.07 Å². The summed E-state index contributed by atoms with van der Waals surface area (Å²) in [6.07, 6.45) is 6.57. The van der Waals surface area contributed by atoms with Gasteiger partial charge in [-0.2, -0.15) is 9.65 Å². The van der Waals surface area contributed by atoms with Crippen LogP contribution in [0, 0.1) is 23.1 Å². The summed E-state index contributed by atoms with van der Waals surface area (Å²) < 4.78 is 27.2. The Morgan fingerprint density at radius 1 is 1.06 bits per heavy atom. The number of nitriles is 1. The van der Waals surface area contributed by atoms with E-state index in [0.29, 0.717) is 18.7 Å². The van der Waals surface area contributed by atoms with E-state index >= 15 is 0 Å². The summed E-state index contributed by atoms with van der Waals surface area (Å²) in [5, 5.41) is 14.8. The number of amides is 1. The fraction of sp³-hybridized carbons (Fsp3) is 0.214. The van der Waals surface area contributed by atoms with Crippen LogP contribution in [-0.4, -0.2) is 39.9 Å². The molecule has 4 aromatic rings. The summed E-state index contributed by atoms with van der Waals surface area (Å²) in [6, 6.07) is 15.4. The highest BCUT2D eigenvalue weighted by molar-refractivity contribution is 5.97. The molecule has 3 heterocycles. The van der Waals surface area contributed by atoms with E-state index in [1.807, 2.05) is 29.2 Å². The van der Waals surface area contributed by atoms with E-state index in [9.17, 15) is 18.8 Å². The molecule has 1 N–H and O–H groups in total. The van der Waals surface area contributed by atoms with E-state index < -0.39 is 11.8 Å². The van der Waals surface area contributed by atoms with Gasteiger partial charge in [-0.15, -0.1) is 0 Å². The maximum Gasteiger partial charge on any atom is 0.226 e. The van der Waals surface area contributed by atoms with Gasteiger partial charge in [0.25, 0.3) is 0 Å². The number of rotatable bonds is 5. The first kappa shape index (κ1) is 23.4. The third-order valence-corrected chi connectivity index (χ3v) is 6.53. The number of hydrogen-bond donors (Lipinski definition) is 1. The molecule has 0 unspecified atom stereocenters. The quantitative estimate of drug-likeness (QED) is 0.400. The van der Waals surface area contributed by atoms with Crippen LogP contribution in [0.25, 0.3) is 21.9 Å². The Morgan fingerprint density at radius 3 is 2.67 bits per heavy atom. The van der Waals surface area contributed by atoms with Gasteiger partial charge < -0.3 is 10.2 Å². The Labute approximate surface area is 207 Å². The molecule has 1 amide bonds. The largest absolute Gasteiger partial charge is 0.382 e. The molecule has 2 aromatic heterocycles. The van der Waals surface area contributed by atoms with Crippen LogP contribution >= 0.6 is 0 Å². The molecule has 5 rings (SSSR count). The SMILES string of the molecule is N#Cc1cc(-c2cc(NC3CCN(C(=O)Cc4ccnc(F)c4)CC3)c3cnccc3c2)ccc1F. The Balaban J connectivity index is 1.32. The van der Waals surface area contributed by atoms with Gasteiger partial charge in [0.05, 0.1) is 12.0 Å². The monoisotopic (exact) mass is 483 g/mol. The van der Waals surface area contributed by atoms with Gasteiger partial charge in [0.2, 0.25) is 11.9 Å². The first-order valence-electron chi connectivity index (χ1n) is 11.7. The third-order valence-electron chi connectivity index (χ3n) is 6.53. The third kappa shape index (κ3) is 5.01. The van der Waals surface area contributed by atoms with Crippen LogP contribution in [0.3, 0.4) is 0 Å². The average molecular weight is 484 g/mol. The normalized spacial score (nSPS) is 14.0. The van der Waals surface area contributed by atoms with Crippen molar-refractivity contribution in [3.8, 4) is 17.2 Å². The summed E-state index contributed by atoms with van der Waals surface area (Å²) in [4.78, 5) is 22.3. The number of pyridine rings is 2. The number of likely N-dealkylation sites (tertiary alicyclic amines) is 1. The average Bonchev–Trinajstić information content (AvgIpc) is 2.89. The van der Waals surface area contributed by atoms with Crippen LogP contribution in [-0.2, 0) is 11.2 Å². The van der Waals surface area contributed by atoms with Crippen molar-refractivity contribution in [3.05, 3.63) is 90.0 Å². The van der Waals surface area contributed by atoms with Gasteiger partial charge in [-0.3, -0.25) is 9.78 Å². The smallest absolute Gasteiger partial charge is 0.226 e. The van der Waals surface area contributed by atoms with Gasteiger partial charge >= 0.3 is 0 Å². The first-order chi connectivity index (χ1) is 17.5. The summed E-state index contributed by atoms with van der Waals surface area (Å²) in [7, 11) is 0. The predicted molar refractivity (Wildman–Crippen MR) is 133 cm³/mol.